The van der Waals surface area contributed by atoms with Crippen molar-refractivity contribution in [2.24, 2.45) is 0 Å². The first kappa shape index (κ1) is 18.5. The molecule has 0 aliphatic heterocycles. The summed E-state index contributed by atoms with van der Waals surface area (Å²) < 4.78 is 0. The quantitative estimate of drug-likeness (QED) is 0.469. The molecule has 0 bridgehead atoms. The molecule has 0 radical (unpaired) electrons. The monoisotopic (exact) mass is 342 g/mol. The van der Waals surface area contributed by atoms with Gasteiger partial charge in [-0.25, -0.2) is 0 Å². The van der Waals surface area contributed by atoms with Crippen molar-refractivity contribution in [3.05, 3.63) is 95.1 Å². The summed E-state index contributed by atoms with van der Waals surface area (Å²) in [4.78, 5) is 0. The van der Waals surface area contributed by atoms with E-state index in [0.717, 1.165) is 0 Å². The fourth-order valence-corrected chi connectivity index (χ4v) is 4.09. The van der Waals surface area contributed by atoms with Crippen LogP contribution in [0.25, 0.3) is 11.1 Å². The van der Waals surface area contributed by atoms with Gasteiger partial charge in [0, 0.05) is 0 Å². The summed E-state index contributed by atoms with van der Waals surface area (Å²) >= 11 is 0. The van der Waals surface area contributed by atoms with E-state index in [2.05, 4.69) is 114 Å². The molecule has 3 aromatic rings. The highest BCUT2D eigenvalue weighted by atomic mass is 14.4. The Kier molecular flexibility index (Phi) is 4.80. The maximum atomic E-state index is 2.39. The Morgan fingerprint density at radius 3 is 1.46 bits per heavy atom. The van der Waals surface area contributed by atoms with Crippen molar-refractivity contribution < 1.29 is 0 Å². The van der Waals surface area contributed by atoms with Crippen LogP contribution in [0.4, 0.5) is 0 Å². The Hall–Kier alpha value is -2.34. The Morgan fingerprint density at radius 1 is 0.462 bits per heavy atom. The zero-order chi connectivity index (χ0) is 18.9. The second-order valence-corrected chi connectivity index (χ2v) is 8.43. The van der Waals surface area contributed by atoms with E-state index >= 15 is 0 Å². The second-order valence-electron chi connectivity index (χ2n) is 8.43. The summed E-state index contributed by atoms with van der Waals surface area (Å²) in [5.41, 5.74) is 8.15. The minimum Gasteiger partial charge on any atom is -0.0620 e. The van der Waals surface area contributed by atoms with Crippen LogP contribution in [-0.2, 0) is 10.8 Å². The standard InChI is InChI=1S/C26H30/c1-19-13-7-9-15-21(19)22-16-10-12-18-24(22)26(5,6)25(3,4)23-17-11-8-14-20(23)2/h7-18H,1-6H3. The summed E-state index contributed by atoms with van der Waals surface area (Å²) in [5, 5.41) is 0. The summed E-state index contributed by atoms with van der Waals surface area (Å²) in [7, 11) is 0. The number of benzene rings is 3. The van der Waals surface area contributed by atoms with E-state index in [4.69, 9.17) is 0 Å². The number of hydrogen-bond acceptors (Lipinski definition) is 0. The van der Waals surface area contributed by atoms with E-state index in [1.807, 2.05) is 0 Å². The van der Waals surface area contributed by atoms with E-state index in [9.17, 15) is 0 Å². The van der Waals surface area contributed by atoms with Crippen LogP contribution in [0.5, 0.6) is 0 Å². The Bertz CT molecular complexity index is 913. The normalized spacial score (nSPS) is 12.2. The molecule has 3 aromatic carbocycles. The van der Waals surface area contributed by atoms with Crippen LogP contribution in [0.2, 0.25) is 0 Å². The van der Waals surface area contributed by atoms with Crippen LogP contribution >= 0.6 is 0 Å². The van der Waals surface area contributed by atoms with Gasteiger partial charge in [-0.15, -0.1) is 0 Å². The highest BCUT2D eigenvalue weighted by molar-refractivity contribution is 5.72. The number of hydrogen-bond donors (Lipinski definition) is 0. The fourth-order valence-electron chi connectivity index (χ4n) is 4.09. The predicted octanol–water partition coefficient (Wildman–Crippen LogP) is 7.23. The molecule has 0 amide bonds. The molecule has 0 aliphatic rings. The van der Waals surface area contributed by atoms with Crippen molar-refractivity contribution in [3.8, 4) is 11.1 Å². The van der Waals surface area contributed by atoms with Crippen LogP contribution < -0.4 is 0 Å². The molecule has 134 valence electrons. The number of aryl methyl sites for hydroxylation is 2. The lowest BCUT2D eigenvalue weighted by atomic mass is 9.59. The maximum absolute atomic E-state index is 2.39. The van der Waals surface area contributed by atoms with Gasteiger partial charge < -0.3 is 0 Å². The lowest BCUT2D eigenvalue weighted by Gasteiger charge is -2.44. The van der Waals surface area contributed by atoms with Gasteiger partial charge in [0.05, 0.1) is 0 Å². The molecule has 0 heteroatoms. The van der Waals surface area contributed by atoms with Gasteiger partial charge >= 0.3 is 0 Å². The van der Waals surface area contributed by atoms with Crippen molar-refractivity contribution in [1.29, 1.82) is 0 Å². The smallest absolute Gasteiger partial charge is 0.000580 e. The molecular formula is C26H30. The van der Waals surface area contributed by atoms with Crippen molar-refractivity contribution in [3.63, 3.8) is 0 Å². The van der Waals surface area contributed by atoms with Crippen LogP contribution in [0.1, 0.15) is 49.9 Å². The third-order valence-corrected chi connectivity index (χ3v) is 6.42. The Labute approximate surface area is 158 Å². The SMILES string of the molecule is Cc1ccccc1-c1ccccc1C(C)(C)C(C)(C)c1ccccc1C. The molecule has 0 spiro atoms. The minimum absolute atomic E-state index is 0.00285. The molecule has 0 nitrogen and oxygen atoms in total. The van der Waals surface area contributed by atoms with Crippen LogP contribution in [0, 0.1) is 13.8 Å². The topological polar surface area (TPSA) is 0 Å². The maximum Gasteiger partial charge on any atom is -0.000580 e. The van der Waals surface area contributed by atoms with Gasteiger partial charge in [-0.1, -0.05) is 100 Å². The fraction of sp³-hybridized carbons (Fsp3) is 0.308. The Morgan fingerprint density at radius 2 is 0.885 bits per heavy atom. The summed E-state index contributed by atoms with van der Waals surface area (Å²) in [6.07, 6.45) is 0. The van der Waals surface area contributed by atoms with Gasteiger partial charge in [0.1, 0.15) is 0 Å². The van der Waals surface area contributed by atoms with E-state index in [-0.39, 0.29) is 10.8 Å². The molecule has 0 N–H and O–H groups in total. The average molecular weight is 343 g/mol. The molecular weight excluding hydrogens is 312 g/mol. The first-order valence-electron chi connectivity index (χ1n) is 9.48. The molecule has 0 saturated carbocycles. The molecule has 0 aromatic heterocycles. The highest BCUT2D eigenvalue weighted by Gasteiger charge is 2.41. The van der Waals surface area contributed by atoms with Crippen LogP contribution in [0.3, 0.4) is 0 Å². The highest BCUT2D eigenvalue weighted by Crippen LogP contribution is 2.47. The Balaban J connectivity index is 2.20. The summed E-state index contributed by atoms with van der Waals surface area (Å²) in [6.45, 7) is 14.0. The number of rotatable bonds is 4. The zero-order valence-corrected chi connectivity index (χ0v) is 16.9. The van der Waals surface area contributed by atoms with Crippen molar-refractivity contribution >= 4 is 0 Å². The van der Waals surface area contributed by atoms with E-state index in [0.29, 0.717) is 0 Å². The lowest BCUT2D eigenvalue weighted by molar-refractivity contribution is 0.302. The van der Waals surface area contributed by atoms with Crippen molar-refractivity contribution in [1.82, 2.24) is 0 Å². The first-order valence-corrected chi connectivity index (χ1v) is 9.48. The predicted molar refractivity (Wildman–Crippen MR) is 114 cm³/mol. The second kappa shape index (κ2) is 6.76. The minimum atomic E-state index is -0.0298. The van der Waals surface area contributed by atoms with E-state index in [1.54, 1.807) is 0 Å². The third kappa shape index (κ3) is 2.98. The lowest BCUT2D eigenvalue weighted by Crippen LogP contribution is -2.41. The molecule has 3 rings (SSSR count). The van der Waals surface area contributed by atoms with Crippen LogP contribution in [0.15, 0.2) is 72.8 Å². The van der Waals surface area contributed by atoms with Gasteiger partial charge in [0.25, 0.3) is 0 Å². The molecule has 0 fully saturated rings. The summed E-state index contributed by atoms with van der Waals surface area (Å²) in [6, 6.07) is 26.4. The van der Waals surface area contributed by atoms with Gasteiger partial charge in [0.15, 0.2) is 0 Å². The molecule has 0 unspecified atom stereocenters. The molecule has 0 atom stereocenters. The van der Waals surface area contributed by atoms with Gasteiger partial charge in [-0.2, -0.15) is 0 Å². The van der Waals surface area contributed by atoms with E-state index < -0.39 is 0 Å². The largest absolute Gasteiger partial charge is 0.0620 e. The van der Waals surface area contributed by atoms with Gasteiger partial charge in [0.2, 0.25) is 0 Å². The first-order chi connectivity index (χ1) is 12.3. The van der Waals surface area contributed by atoms with Crippen molar-refractivity contribution in [2.45, 2.75) is 52.4 Å². The van der Waals surface area contributed by atoms with E-state index in [1.165, 1.54) is 33.4 Å². The van der Waals surface area contributed by atoms with Gasteiger partial charge in [-0.3, -0.25) is 0 Å². The van der Waals surface area contributed by atoms with Crippen molar-refractivity contribution in [2.75, 3.05) is 0 Å². The van der Waals surface area contributed by atoms with Crippen LogP contribution in [-0.4, -0.2) is 0 Å². The zero-order valence-electron chi connectivity index (χ0n) is 16.9. The molecule has 0 heterocycles. The average Bonchev–Trinajstić information content (AvgIpc) is 2.62. The molecule has 0 aliphatic carbocycles. The summed E-state index contributed by atoms with van der Waals surface area (Å²) in [5.74, 6) is 0. The molecule has 26 heavy (non-hydrogen) atoms. The molecule has 0 saturated heterocycles. The van der Waals surface area contributed by atoms with Gasteiger partial charge in [-0.05, 0) is 58.1 Å². The third-order valence-electron chi connectivity index (χ3n) is 6.42.